The van der Waals surface area contributed by atoms with E-state index in [1.807, 2.05) is 18.3 Å². The van der Waals surface area contributed by atoms with Gasteiger partial charge in [0.05, 0.1) is 6.61 Å². The van der Waals surface area contributed by atoms with Crippen LogP contribution in [0.25, 0.3) is 0 Å². The van der Waals surface area contributed by atoms with Gasteiger partial charge in [0.15, 0.2) is 0 Å². The van der Waals surface area contributed by atoms with Gasteiger partial charge in [-0.25, -0.2) is 0 Å². The van der Waals surface area contributed by atoms with E-state index in [1.54, 1.807) is 0 Å². The largest absolute Gasteiger partial charge is 0.380 e. The zero-order valence-corrected chi connectivity index (χ0v) is 8.91. The van der Waals surface area contributed by atoms with E-state index in [-0.39, 0.29) is 0 Å². The maximum atomic E-state index is 5.59. The SMILES string of the molecule is CCCCOCCn1cccc1CN. The summed E-state index contributed by atoms with van der Waals surface area (Å²) in [6, 6.07) is 4.07. The van der Waals surface area contributed by atoms with Gasteiger partial charge in [0, 0.05) is 31.6 Å². The van der Waals surface area contributed by atoms with Crippen molar-refractivity contribution in [3.05, 3.63) is 24.0 Å². The molecule has 0 atom stereocenters. The average molecular weight is 196 g/mol. The first-order valence-electron chi connectivity index (χ1n) is 5.30. The third-order valence-corrected chi connectivity index (χ3v) is 2.25. The van der Waals surface area contributed by atoms with Crippen molar-refractivity contribution in [2.24, 2.45) is 5.73 Å². The number of aromatic nitrogens is 1. The molecule has 1 aromatic rings. The topological polar surface area (TPSA) is 40.2 Å². The Morgan fingerprint density at radius 2 is 2.29 bits per heavy atom. The minimum Gasteiger partial charge on any atom is -0.380 e. The summed E-state index contributed by atoms with van der Waals surface area (Å²) in [4.78, 5) is 0. The first-order chi connectivity index (χ1) is 6.88. The Morgan fingerprint density at radius 3 is 3.00 bits per heavy atom. The van der Waals surface area contributed by atoms with Gasteiger partial charge in [-0.05, 0) is 18.6 Å². The Balaban J connectivity index is 2.17. The average Bonchev–Trinajstić information content (AvgIpc) is 2.65. The molecule has 14 heavy (non-hydrogen) atoms. The molecule has 0 amide bonds. The molecule has 0 bridgehead atoms. The van der Waals surface area contributed by atoms with E-state index in [1.165, 1.54) is 12.1 Å². The Hall–Kier alpha value is -0.800. The highest BCUT2D eigenvalue weighted by Gasteiger charge is 1.97. The standard InChI is InChI=1S/C11H20N2O/c1-2-3-8-14-9-7-13-6-4-5-11(13)10-12/h4-6H,2-3,7-10,12H2,1H3. The van der Waals surface area contributed by atoms with E-state index >= 15 is 0 Å². The lowest BCUT2D eigenvalue weighted by molar-refractivity contribution is 0.123. The van der Waals surface area contributed by atoms with Crippen LogP contribution in [0.3, 0.4) is 0 Å². The highest BCUT2D eigenvalue weighted by atomic mass is 16.5. The van der Waals surface area contributed by atoms with Crippen LogP contribution in [0.2, 0.25) is 0 Å². The number of ether oxygens (including phenoxy) is 1. The summed E-state index contributed by atoms with van der Waals surface area (Å²) < 4.78 is 7.63. The summed E-state index contributed by atoms with van der Waals surface area (Å²) in [6.07, 6.45) is 4.39. The molecule has 0 saturated heterocycles. The maximum Gasteiger partial charge on any atom is 0.0645 e. The van der Waals surface area contributed by atoms with Crippen LogP contribution >= 0.6 is 0 Å². The summed E-state index contributed by atoms with van der Waals surface area (Å²) in [5.74, 6) is 0. The fourth-order valence-corrected chi connectivity index (χ4v) is 1.36. The summed E-state index contributed by atoms with van der Waals surface area (Å²) in [5.41, 5.74) is 6.76. The van der Waals surface area contributed by atoms with Gasteiger partial charge in [-0.15, -0.1) is 0 Å². The molecule has 0 fully saturated rings. The molecule has 3 nitrogen and oxygen atoms in total. The van der Waals surface area contributed by atoms with Crippen molar-refractivity contribution in [2.45, 2.75) is 32.9 Å². The molecular weight excluding hydrogens is 176 g/mol. The molecule has 1 aromatic heterocycles. The van der Waals surface area contributed by atoms with Crippen LogP contribution in [0.4, 0.5) is 0 Å². The zero-order chi connectivity index (χ0) is 10.2. The third kappa shape index (κ3) is 3.52. The second-order valence-electron chi connectivity index (χ2n) is 3.36. The molecule has 0 aliphatic carbocycles. The Kier molecular flexibility index (Phi) is 5.33. The molecule has 1 heterocycles. The lowest BCUT2D eigenvalue weighted by Crippen LogP contribution is -2.11. The van der Waals surface area contributed by atoms with Crippen LogP contribution in [0, 0.1) is 0 Å². The van der Waals surface area contributed by atoms with Crippen molar-refractivity contribution >= 4 is 0 Å². The minimum absolute atomic E-state index is 0.599. The fraction of sp³-hybridized carbons (Fsp3) is 0.636. The van der Waals surface area contributed by atoms with Crippen LogP contribution < -0.4 is 5.73 Å². The Bertz CT molecular complexity index is 245. The number of rotatable bonds is 7. The monoisotopic (exact) mass is 196 g/mol. The van der Waals surface area contributed by atoms with Crippen molar-refractivity contribution in [3.8, 4) is 0 Å². The van der Waals surface area contributed by atoms with Gasteiger partial charge in [0.25, 0.3) is 0 Å². The van der Waals surface area contributed by atoms with Gasteiger partial charge in [-0.1, -0.05) is 13.3 Å². The number of hydrogen-bond donors (Lipinski definition) is 1. The summed E-state index contributed by atoms with van der Waals surface area (Å²) >= 11 is 0. The van der Waals surface area contributed by atoms with Crippen LogP contribution in [-0.4, -0.2) is 17.8 Å². The maximum absolute atomic E-state index is 5.59. The van der Waals surface area contributed by atoms with Gasteiger partial charge in [0.1, 0.15) is 0 Å². The van der Waals surface area contributed by atoms with E-state index in [9.17, 15) is 0 Å². The van der Waals surface area contributed by atoms with Crippen LogP contribution in [0.15, 0.2) is 18.3 Å². The van der Waals surface area contributed by atoms with Gasteiger partial charge in [-0.3, -0.25) is 0 Å². The molecule has 80 valence electrons. The van der Waals surface area contributed by atoms with Crippen molar-refractivity contribution in [1.29, 1.82) is 0 Å². The normalized spacial score (nSPS) is 10.7. The predicted molar refractivity (Wildman–Crippen MR) is 58.1 cm³/mol. The van der Waals surface area contributed by atoms with E-state index in [0.717, 1.165) is 26.2 Å². The molecule has 0 radical (unpaired) electrons. The lowest BCUT2D eigenvalue weighted by Gasteiger charge is -2.07. The van der Waals surface area contributed by atoms with Crippen molar-refractivity contribution < 1.29 is 4.74 Å². The Morgan fingerprint density at radius 1 is 1.43 bits per heavy atom. The molecule has 0 aliphatic heterocycles. The number of hydrogen-bond acceptors (Lipinski definition) is 2. The first kappa shape index (κ1) is 11.3. The number of nitrogens with two attached hydrogens (primary N) is 1. The molecule has 1 rings (SSSR count). The van der Waals surface area contributed by atoms with Crippen LogP contribution in [0.1, 0.15) is 25.5 Å². The second kappa shape index (κ2) is 6.62. The van der Waals surface area contributed by atoms with E-state index in [2.05, 4.69) is 11.5 Å². The van der Waals surface area contributed by atoms with Gasteiger partial charge in [0.2, 0.25) is 0 Å². The number of unbranched alkanes of at least 4 members (excludes halogenated alkanes) is 1. The molecule has 3 heteroatoms. The highest BCUT2D eigenvalue weighted by Crippen LogP contribution is 2.00. The van der Waals surface area contributed by atoms with E-state index in [0.29, 0.717) is 6.54 Å². The molecular formula is C11H20N2O. The van der Waals surface area contributed by atoms with Gasteiger partial charge >= 0.3 is 0 Å². The van der Waals surface area contributed by atoms with Crippen molar-refractivity contribution in [3.63, 3.8) is 0 Å². The van der Waals surface area contributed by atoms with Crippen molar-refractivity contribution in [2.75, 3.05) is 13.2 Å². The molecule has 0 spiro atoms. The lowest BCUT2D eigenvalue weighted by atomic mass is 10.4. The van der Waals surface area contributed by atoms with Crippen molar-refractivity contribution in [1.82, 2.24) is 4.57 Å². The quantitative estimate of drug-likeness (QED) is 0.675. The predicted octanol–water partition coefficient (Wildman–Crippen LogP) is 1.76. The third-order valence-electron chi connectivity index (χ3n) is 2.25. The highest BCUT2D eigenvalue weighted by molar-refractivity contribution is 5.06. The van der Waals surface area contributed by atoms with Gasteiger partial charge < -0.3 is 15.0 Å². The van der Waals surface area contributed by atoms with E-state index < -0.39 is 0 Å². The molecule has 0 unspecified atom stereocenters. The molecule has 0 saturated carbocycles. The molecule has 2 N–H and O–H groups in total. The smallest absolute Gasteiger partial charge is 0.0645 e. The molecule has 0 aromatic carbocycles. The van der Waals surface area contributed by atoms with E-state index in [4.69, 9.17) is 10.5 Å². The summed E-state index contributed by atoms with van der Waals surface area (Å²) in [7, 11) is 0. The fourth-order valence-electron chi connectivity index (χ4n) is 1.36. The summed E-state index contributed by atoms with van der Waals surface area (Å²) in [5, 5.41) is 0. The van der Waals surface area contributed by atoms with Crippen LogP contribution in [-0.2, 0) is 17.8 Å². The van der Waals surface area contributed by atoms with Gasteiger partial charge in [-0.2, -0.15) is 0 Å². The number of nitrogens with zero attached hydrogens (tertiary/aromatic N) is 1. The first-order valence-corrected chi connectivity index (χ1v) is 5.30. The van der Waals surface area contributed by atoms with Crippen LogP contribution in [0.5, 0.6) is 0 Å². The molecule has 0 aliphatic rings. The Labute approximate surface area is 85.9 Å². The second-order valence-corrected chi connectivity index (χ2v) is 3.36. The zero-order valence-electron chi connectivity index (χ0n) is 8.91. The minimum atomic E-state index is 0.599. The summed E-state index contributed by atoms with van der Waals surface area (Å²) in [6.45, 7) is 5.32.